The van der Waals surface area contributed by atoms with Gasteiger partial charge in [-0.3, -0.25) is 9.89 Å². The molecule has 1 amide bonds. The smallest absolute Gasteiger partial charge is 0.254 e. The minimum atomic E-state index is 0.0554. The van der Waals surface area contributed by atoms with Gasteiger partial charge in [0.1, 0.15) is 0 Å². The van der Waals surface area contributed by atoms with Crippen LogP contribution in [0.2, 0.25) is 0 Å². The van der Waals surface area contributed by atoms with Gasteiger partial charge in [-0.15, -0.1) is 0 Å². The number of hydrogen-bond acceptors (Lipinski definition) is 4. The maximum Gasteiger partial charge on any atom is 0.254 e. The average Bonchev–Trinajstić information content (AvgIpc) is 3.24. The van der Waals surface area contributed by atoms with E-state index < -0.39 is 0 Å². The van der Waals surface area contributed by atoms with Crippen molar-refractivity contribution in [3.63, 3.8) is 0 Å². The topological polar surface area (TPSA) is 79.7 Å². The number of H-pyrrole nitrogens is 1. The van der Waals surface area contributed by atoms with E-state index in [0.717, 1.165) is 36.2 Å². The Hall–Kier alpha value is -2.70. The molecular weight excluding hydrogens is 304 g/mol. The van der Waals surface area contributed by atoms with Crippen LogP contribution in [-0.2, 0) is 0 Å². The van der Waals surface area contributed by atoms with Crippen LogP contribution in [-0.4, -0.2) is 48.6 Å². The molecule has 0 spiro atoms. The van der Waals surface area contributed by atoms with Crippen molar-refractivity contribution >= 4 is 16.9 Å². The fourth-order valence-electron chi connectivity index (χ4n) is 3.51. The number of imidazole rings is 1. The van der Waals surface area contributed by atoms with Crippen LogP contribution in [0.25, 0.3) is 11.0 Å². The van der Waals surface area contributed by atoms with Gasteiger partial charge in [-0.1, -0.05) is 0 Å². The Morgan fingerprint density at radius 2 is 2.25 bits per heavy atom. The van der Waals surface area contributed by atoms with Gasteiger partial charge in [0.05, 0.1) is 23.3 Å². The second-order valence-electron chi connectivity index (χ2n) is 6.42. The number of carbonyl (C=O) groups is 1. The minimum absolute atomic E-state index is 0.0554. The zero-order valence-corrected chi connectivity index (χ0v) is 13.9. The number of rotatable bonds is 2. The molecule has 4 rings (SSSR count). The van der Waals surface area contributed by atoms with Crippen LogP contribution in [0.4, 0.5) is 0 Å². The summed E-state index contributed by atoms with van der Waals surface area (Å²) in [7, 11) is 0. The Kier molecular flexibility index (Phi) is 3.55. The first-order valence-corrected chi connectivity index (χ1v) is 8.22. The van der Waals surface area contributed by atoms with Gasteiger partial charge in [0.25, 0.3) is 5.91 Å². The number of aromatic nitrogens is 5. The molecule has 1 saturated heterocycles. The SMILES string of the molecule is Cc1cc(C(=O)N2CCCC(n3ccnc3)C2)c2c(C)[nH]nc2n1. The largest absolute Gasteiger partial charge is 0.337 e. The third-order valence-electron chi connectivity index (χ3n) is 4.69. The molecule has 4 heterocycles. The van der Waals surface area contributed by atoms with E-state index in [4.69, 9.17) is 0 Å². The lowest BCUT2D eigenvalue weighted by molar-refractivity contribution is 0.0681. The Morgan fingerprint density at radius 1 is 1.38 bits per heavy atom. The summed E-state index contributed by atoms with van der Waals surface area (Å²) < 4.78 is 2.09. The lowest BCUT2D eigenvalue weighted by atomic mass is 10.0. The molecule has 1 N–H and O–H groups in total. The molecule has 24 heavy (non-hydrogen) atoms. The van der Waals surface area contributed by atoms with Crippen molar-refractivity contribution < 1.29 is 4.79 Å². The van der Waals surface area contributed by atoms with Crippen molar-refractivity contribution in [3.05, 3.63) is 41.7 Å². The molecule has 1 unspecified atom stereocenters. The zero-order valence-electron chi connectivity index (χ0n) is 13.9. The summed E-state index contributed by atoms with van der Waals surface area (Å²) in [5.74, 6) is 0.0554. The van der Waals surface area contributed by atoms with Gasteiger partial charge >= 0.3 is 0 Å². The van der Waals surface area contributed by atoms with Gasteiger partial charge < -0.3 is 9.47 Å². The van der Waals surface area contributed by atoms with Crippen molar-refractivity contribution in [2.45, 2.75) is 32.7 Å². The standard InChI is InChI=1S/C17H20N6O/c1-11-8-14(15-12(2)20-21-16(15)19-11)17(24)22-6-3-4-13(9-22)23-7-5-18-10-23/h5,7-8,10,13H,3-4,6,9H2,1-2H3,(H,19,20,21). The Morgan fingerprint density at radius 3 is 3.04 bits per heavy atom. The van der Waals surface area contributed by atoms with E-state index in [2.05, 4.69) is 24.7 Å². The number of hydrogen-bond donors (Lipinski definition) is 1. The van der Waals surface area contributed by atoms with Gasteiger partial charge in [0.15, 0.2) is 5.65 Å². The van der Waals surface area contributed by atoms with Gasteiger partial charge in [0.2, 0.25) is 0 Å². The highest BCUT2D eigenvalue weighted by Gasteiger charge is 2.27. The minimum Gasteiger partial charge on any atom is -0.337 e. The molecule has 3 aromatic rings. The summed E-state index contributed by atoms with van der Waals surface area (Å²) in [4.78, 5) is 23.6. The Labute approximate surface area is 139 Å². The molecule has 1 atom stereocenters. The van der Waals surface area contributed by atoms with Crippen molar-refractivity contribution in [2.75, 3.05) is 13.1 Å². The molecule has 1 aliphatic heterocycles. The van der Waals surface area contributed by atoms with E-state index in [1.54, 1.807) is 6.20 Å². The number of carbonyl (C=O) groups excluding carboxylic acids is 1. The highest BCUT2D eigenvalue weighted by atomic mass is 16.2. The van der Waals surface area contributed by atoms with Crippen LogP contribution < -0.4 is 0 Å². The first-order valence-electron chi connectivity index (χ1n) is 8.22. The average molecular weight is 324 g/mol. The second kappa shape index (κ2) is 5.74. The number of likely N-dealkylation sites (tertiary alicyclic amines) is 1. The number of nitrogens with one attached hydrogen (secondary N) is 1. The molecule has 0 aromatic carbocycles. The zero-order chi connectivity index (χ0) is 16.7. The van der Waals surface area contributed by atoms with Gasteiger partial charge in [-0.05, 0) is 32.8 Å². The van der Waals surface area contributed by atoms with Crippen LogP contribution in [0.5, 0.6) is 0 Å². The van der Waals surface area contributed by atoms with E-state index >= 15 is 0 Å². The van der Waals surface area contributed by atoms with Crippen LogP contribution in [0.15, 0.2) is 24.8 Å². The maximum atomic E-state index is 13.2. The highest BCUT2D eigenvalue weighted by Crippen LogP contribution is 2.26. The highest BCUT2D eigenvalue weighted by molar-refractivity contribution is 6.06. The quantitative estimate of drug-likeness (QED) is 0.784. The molecule has 0 radical (unpaired) electrons. The number of aryl methyl sites for hydroxylation is 2. The van der Waals surface area contributed by atoms with Crippen LogP contribution in [0.1, 0.15) is 40.6 Å². The third-order valence-corrected chi connectivity index (χ3v) is 4.69. The molecule has 7 heteroatoms. The fraction of sp³-hybridized carbons (Fsp3) is 0.412. The van der Waals surface area contributed by atoms with Gasteiger partial charge in [-0.2, -0.15) is 5.10 Å². The fourth-order valence-corrected chi connectivity index (χ4v) is 3.51. The molecule has 3 aromatic heterocycles. The predicted molar refractivity (Wildman–Crippen MR) is 89.8 cm³/mol. The summed E-state index contributed by atoms with van der Waals surface area (Å²) >= 11 is 0. The van der Waals surface area contributed by atoms with Gasteiger partial charge in [0, 0.05) is 36.9 Å². The first kappa shape index (κ1) is 14.9. The molecule has 0 bridgehead atoms. The molecule has 1 fully saturated rings. The summed E-state index contributed by atoms with van der Waals surface area (Å²) in [6.45, 7) is 5.30. The normalized spacial score (nSPS) is 18.2. The van der Waals surface area contributed by atoms with Crippen LogP contribution in [0.3, 0.4) is 0 Å². The van der Waals surface area contributed by atoms with Gasteiger partial charge in [-0.25, -0.2) is 9.97 Å². The molecule has 0 saturated carbocycles. The van der Waals surface area contributed by atoms with Crippen molar-refractivity contribution in [1.29, 1.82) is 0 Å². The lowest BCUT2D eigenvalue weighted by Crippen LogP contribution is -2.40. The van der Waals surface area contributed by atoms with E-state index in [-0.39, 0.29) is 11.9 Å². The number of aromatic amines is 1. The number of piperidine rings is 1. The van der Waals surface area contributed by atoms with E-state index in [1.807, 2.05) is 37.3 Å². The van der Waals surface area contributed by atoms with E-state index in [0.29, 0.717) is 17.8 Å². The summed E-state index contributed by atoms with van der Waals surface area (Å²) in [6, 6.07) is 2.16. The number of amides is 1. The molecular formula is C17H20N6O. The number of nitrogens with zero attached hydrogens (tertiary/aromatic N) is 5. The number of pyridine rings is 1. The molecule has 124 valence electrons. The monoisotopic (exact) mass is 324 g/mol. The second-order valence-corrected chi connectivity index (χ2v) is 6.42. The van der Waals surface area contributed by atoms with Crippen molar-refractivity contribution in [1.82, 2.24) is 29.6 Å². The van der Waals surface area contributed by atoms with Crippen LogP contribution in [0, 0.1) is 13.8 Å². The molecule has 7 nitrogen and oxygen atoms in total. The first-order chi connectivity index (χ1) is 11.6. The number of fused-ring (bicyclic) bond motifs is 1. The Balaban J connectivity index is 1.67. The van der Waals surface area contributed by atoms with E-state index in [1.165, 1.54) is 0 Å². The van der Waals surface area contributed by atoms with Crippen LogP contribution >= 0.6 is 0 Å². The van der Waals surface area contributed by atoms with Crippen molar-refractivity contribution in [3.8, 4) is 0 Å². The summed E-state index contributed by atoms with van der Waals surface area (Å²) in [6.07, 6.45) is 7.63. The van der Waals surface area contributed by atoms with Crippen molar-refractivity contribution in [2.24, 2.45) is 0 Å². The third kappa shape index (κ3) is 2.46. The maximum absolute atomic E-state index is 13.2. The predicted octanol–water partition coefficient (Wildman–Crippen LogP) is 2.25. The summed E-state index contributed by atoms with van der Waals surface area (Å²) in [5, 5.41) is 7.97. The lowest BCUT2D eigenvalue weighted by Gasteiger charge is -2.33. The molecule has 0 aliphatic carbocycles. The summed E-state index contributed by atoms with van der Waals surface area (Å²) in [5.41, 5.74) is 2.98. The van der Waals surface area contributed by atoms with E-state index in [9.17, 15) is 4.79 Å². The Bertz CT molecular complexity index is 882. The molecule has 1 aliphatic rings.